The van der Waals surface area contributed by atoms with Crippen molar-refractivity contribution in [3.8, 4) is 11.4 Å². The van der Waals surface area contributed by atoms with Gasteiger partial charge < -0.3 is 19.7 Å². The van der Waals surface area contributed by atoms with Gasteiger partial charge in [0, 0.05) is 38.4 Å². The quantitative estimate of drug-likeness (QED) is 0.0678. The highest BCUT2D eigenvalue weighted by Crippen LogP contribution is 2.34. The van der Waals surface area contributed by atoms with Crippen LogP contribution < -0.4 is 15.0 Å². The molecule has 0 atom stereocenters. The maximum Gasteiger partial charge on any atom is 0.337 e. The number of carboxylic acids is 1. The highest BCUT2D eigenvalue weighted by atomic mass is 32.2. The number of benzene rings is 6. The molecule has 6 aromatic carbocycles. The fourth-order valence-electron chi connectivity index (χ4n) is 5.97. The van der Waals surface area contributed by atoms with Crippen molar-refractivity contribution in [3.05, 3.63) is 175 Å². The van der Waals surface area contributed by atoms with E-state index in [0.29, 0.717) is 45.0 Å². The summed E-state index contributed by atoms with van der Waals surface area (Å²) in [7, 11) is 0. The van der Waals surface area contributed by atoms with Gasteiger partial charge in [0.2, 0.25) is 5.91 Å². The number of carboxylic acid groups (broad SMARTS) is 1. The number of hydrogen-bond donors (Lipinski definition) is 2. The van der Waals surface area contributed by atoms with Crippen molar-refractivity contribution in [2.45, 2.75) is 9.79 Å². The summed E-state index contributed by atoms with van der Waals surface area (Å²) in [4.78, 5) is 56.2. The number of esters is 1. The Bertz CT molecular complexity index is 2470. The van der Waals surface area contributed by atoms with Crippen LogP contribution in [-0.4, -0.2) is 44.9 Å². The number of carbonyl (C=O) groups is 4. The molecule has 0 aliphatic rings. The number of nitrogens with one attached hydrogen (secondary N) is 1. The van der Waals surface area contributed by atoms with Crippen LogP contribution in [0.25, 0.3) is 16.6 Å². The molecule has 272 valence electrons. The third-order valence-corrected chi connectivity index (χ3v) is 10.5. The van der Waals surface area contributed by atoms with E-state index >= 15 is 0 Å². The first kappa shape index (κ1) is 36.8. The van der Waals surface area contributed by atoms with E-state index in [9.17, 15) is 24.3 Å². The third-order valence-electron chi connectivity index (χ3n) is 8.47. The Morgan fingerprint density at radius 1 is 0.636 bits per heavy atom. The van der Waals surface area contributed by atoms with E-state index in [-0.39, 0.29) is 28.9 Å². The largest absolute Gasteiger partial charge is 0.478 e. The zero-order valence-corrected chi connectivity index (χ0v) is 30.8. The summed E-state index contributed by atoms with van der Waals surface area (Å²) in [5.41, 5.74) is 2.69. The van der Waals surface area contributed by atoms with Crippen molar-refractivity contribution in [2.24, 2.45) is 0 Å². The van der Waals surface area contributed by atoms with Crippen molar-refractivity contribution < 1.29 is 29.0 Å². The molecule has 0 unspecified atom stereocenters. The first-order chi connectivity index (χ1) is 26.8. The predicted octanol–water partition coefficient (Wildman–Crippen LogP) is 9.74. The molecule has 11 heteroatoms. The number of anilines is 3. The molecule has 55 heavy (non-hydrogen) atoms. The average molecular weight is 764 g/mol. The Labute approximate surface area is 325 Å². The Kier molecular flexibility index (Phi) is 11.4. The number of aromatic carboxylic acids is 1. The molecule has 0 saturated carbocycles. The number of fused-ring (bicyclic) bond motifs is 1. The standard InChI is InChI=1S/C44H33N3O6S2/c48-41(28-54-34-14-6-2-7-15-34)45-30-20-25-40(37(26-30)44(51)52)46-27-38(36-18-10-11-19-39(36)46)43(50)47(31-12-4-1-5-13-31)32-21-23-33(24-22-32)53-42(49)29-55-35-16-8-3-9-17-35/h1-27H,28-29H2,(H,45,48)(H,51,52). The first-order valence-electron chi connectivity index (χ1n) is 17.2. The molecule has 2 amide bonds. The fraction of sp³-hybridized carbons (Fsp3) is 0.0455. The van der Waals surface area contributed by atoms with Crippen molar-refractivity contribution in [3.63, 3.8) is 0 Å². The first-order valence-corrected chi connectivity index (χ1v) is 19.1. The second-order valence-electron chi connectivity index (χ2n) is 12.2. The zero-order valence-electron chi connectivity index (χ0n) is 29.2. The van der Waals surface area contributed by atoms with E-state index in [1.807, 2.05) is 115 Å². The predicted molar refractivity (Wildman–Crippen MR) is 218 cm³/mol. The maximum absolute atomic E-state index is 14.7. The van der Waals surface area contributed by atoms with Gasteiger partial charge in [0.05, 0.1) is 33.8 Å². The molecular weight excluding hydrogens is 731 g/mol. The molecule has 9 nitrogen and oxygen atoms in total. The number of aromatic nitrogens is 1. The van der Waals surface area contributed by atoms with E-state index in [2.05, 4.69) is 5.32 Å². The topological polar surface area (TPSA) is 118 Å². The molecule has 1 aromatic heterocycles. The van der Waals surface area contributed by atoms with Crippen molar-refractivity contribution in [1.82, 2.24) is 4.57 Å². The van der Waals surface area contributed by atoms with Crippen LogP contribution in [0.5, 0.6) is 5.75 Å². The lowest BCUT2D eigenvalue weighted by Gasteiger charge is -2.23. The van der Waals surface area contributed by atoms with Crippen LogP contribution >= 0.6 is 23.5 Å². The molecule has 0 aliphatic heterocycles. The number of rotatable bonds is 13. The molecular formula is C44H33N3O6S2. The van der Waals surface area contributed by atoms with Crippen LogP contribution in [-0.2, 0) is 9.59 Å². The molecule has 0 aliphatic carbocycles. The van der Waals surface area contributed by atoms with Crippen LogP contribution in [0.3, 0.4) is 0 Å². The van der Waals surface area contributed by atoms with Gasteiger partial charge in [-0.1, -0.05) is 72.8 Å². The van der Waals surface area contributed by atoms with Gasteiger partial charge in [-0.2, -0.15) is 0 Å². The van der Waals surface area contributed by atoms with Crippen molar-refractivity contribution in [2.75, 3.05) is 21.7 Å². The molecule has 2 N–H and O–H groups in total. The van der Waals surface area contributed by atoms with E-state index in [0.717, 1.165) is 9.79 Å². The lowest BCUT2D eigenvalue weighted by molar-refractivity contribution is -0.131. The summed E-state index contributed by atoms with van der Waals surface area (Å²) in [6.45, 7) is 0. The van der Waals surface area contributed by atoms with E-state index in [4.69, 9.17) is 4.74 Å². The second kappa shape index (κ2) is 17.1. The summed E-state index contributed by atoms with van der Waals surface area (Å²) in [6, 6.07) is 47.0. The van der Waals surface area contributed by atoms with Crippen molar-refractivity contribution >= 4 is 75.2 Å². The molecule has 0 saturated heterocycles. The Balaban J connectivity index is 1.16. The van der Waals surface area contributed by atoms with Gasteiger partial charge in [0.25, 0.3) is 5.91 Å². The summed E-state index contributed by atoms with van der Waals surface area (Å²) in [6.07, 6.45) is 1.64. The van der Waals surface area contributed by atoms with Crippen LogP contribution in [0.4, 0.5) is 17.1 Å². The number of ether oxygens (including phenoxy) is 1. The molecule has 7 aromatic rings. The van der Waals surface area contributed by atoms with Crippen molar-refractivity contribution in [1.29, 1.82) is 0 Å². The highest BCUT2D eigenvalue weighted by Gasteiger charge is 2.26. The minimum absolute atomic E-state index is 0.0551. The Hall–Kier alpha value is -6.56. The van der Waals surface area contributed by atoms with Crippen LogP contribution in [0.15, 0.2) is 174 Å². The number of hydrogen-bond acceptors (Lipinski definition) is 7. The molecule has 0 spiro atoms. The lowest BCUT2D eigenvalue weighted by Crippen LogP contribution is -2.25. The fourth-order valence-corrected chi connectivity index (χ4v) is 7.38. The van der Waals surface area contributed by atoms with Gasteiger partial charge >= 0.3 is 11.9 Å². The summed E-state index contributed by atoms with van der Waals surface area (Å²) < 4.78 is 7.27. The van der Waals surface area contributed by atoms with Gasteiger partial charge in [0.1, 0.15) is 5.75 Å². The average Bonchev–Trinajstić information content (AvgIpc) is 3.61. The molecule has 1 heterocycles. The summed E-state index contributed by atoms with van der Waals surface area (Å²) in [5, 5.41) is 13.7. The zero-order chi connectivity index (χ0) is 38.1. The van der Waals surface area contributed by atoms with Crippen LogP contribution in [0.2, 0.25) is 0 Å². The second-order valence-corrected chi connectivity index (χ2v) is 14.3. The number of nitrogens with zero attached hydrogens (tertiary/aromatic N) is 2. The highest BCUT2D eigenvalue weighted by molar-refractivity contribution is 8.00. The number of amides is 2. The third kappa shape index (κ3) is 8.81. The summed E-state index contributed by atoms with van der Waals surface area (Å²) >= 11 is 2.76. The van der Waals surface area contributed by atoms with Gasteiger partial charge in [0.15, 0.2) is 0 Å². The normalized spacial score (nSPS) is 10.8. The number of para-hydroxylation sites is 2. The van der Waals surface area contributed by atoms with Gasteiger partial charge in [-0.3, -0.25) is 19.3 Å². The molecule has 0 bridgehead atoms. The van der Waals surface area contributed by atoms with Gasteiger partial charge in [-0.25, -0.2) is 4.79 Å². The van der Waals surface area contributed by atoms with E-state index < -0.39 is 11.9 Å². The van der Waals surface area contributed by atoms with Gasteiger partial charge in [-0.05, 0) is 84.9 Å². The Morgan fingerprint density at radius 3 is 1.87 bits per heavy atom. The van der Waals surface area contributed by atoms with Gasteiger partial charge in [-0.15, -0.1) is 23.5 Å². The van der Waals surface area contributed by atoms with Crippen LogP contribution in [0.1, 0.15) is 20.7 Å². The summed E-state index contributed by atoms with van der Waals surface area (Å²) in [5.74, 6) is -1.59. The van der Waals surface area contributed by atoms with E-state index in [1.54, 1.807) is 52.1 Å². The monoisotopic (exact) mass is 763 g/mol. The molecule has 7 rings (SSSR count). The minimum Gasteiger partial charge on any atom is -0.478 e. The number of carbonyl (C=O) groups excluding carboxylic acids is 3. The smallest absolute Gasteiger partial charge is 0.337 e. The minimum atomic E-state index is -1.19. The Morgan fingerprint density at radius 2 is 1.22 bits per heavy atom. The van der Waals surface area contributed by atoms with E-state index in [1.165, 1.54) is 29.6 Å². The number of thioether (sulfide) groups is 2. The maximum atomic E-state index is 14.7. The molecule has 0 fully saturated rings. The lowest BCUT2D eigenvalue weighted by atomic mass is 10.1. The van der Waals surface area contributed by atoms with Crippen LogP contribution in [0, 0.1) is 0 Å². The molecule has 0 radical (unpaired) electrons. The SMILES string of the molecule is O=C(CSc1ccccc1)Nc1ccc(-n2cc(C(=O)N(c3ccccc3)c3ccc(OC(=O)CSc4ccccc4)cc3)c3ccccc32)c(C(=O)O)c1.